The van der Waals surface area contributed by atoms with Gasteiger partial charge in [0.15, 0.2) is 5.65 Å². The van der Waals surface area contributed by atoms with Crippen LogP contribution in [0.15, 0.2) is 53.9 Å². The molecule has 1 N–H and O–H groups in total. The van der Waals surface area contributed by atoms with Gasteiger partial charge in [0.05, 0.1) is 35.8 Å². The second-order valence-corrected chi connectivity index (χ2v) is 8.34. The lowest BCUT2D eigenvalue weighted by atomic mass is 10.1. The number of rotatable bonds is 6. The van der Waals surface area contributed by atoms with Crippen molar-refractivity contribution < 1.29 is 9.53 Å². The maximum Gasteiger partial charge on any atom is 0.234 e. The fourth-order valence-electron chi connectivity index (χ4n) is 3.26. The molecule has 0 saturated heterocycles. The number of nitrogens with one attached hydrogen (secondary N) is 1. The number of hydrogen-bond donors (Lipinski definition) is 1. The van der Waals surface area contributed by atoms with Crippen molar-refractivity contribution in [3.63, 3.8) is 0 Å². The Bertz CT molecular complexity index is 1270. The number of carbonyl (C=O) groups is 1. The minimum atomic E-state index is -0.195. The van der Waals surface area contributed by atoms with Crippen LogP contribution in [0.5, 0.6) is 5.75 Å². The number of hydrogen-bond acceptors (Lipinski definition) is 6. The standard InChI is InChI=1S/C22H20ClN5O2S/c1-13-4-6-18(14(2)8-13)28-21-16(10-26-28)22(25-12-24-21)31-11-20(29)27-17-9-15(23)5-7-19(17)30-3/h4-10,12H,11H2,1-3H3,(H,27,29). The molecule has 0 aliphatic heterocycles. The van der Waals surface area contributed by atoms with Crippen LogP contribution in [-0.2, 0) is 4.79 Å². The summed E-state index contributed by atoms with van der Waals surface area (Å²) in [6, 6.07) is 11.2. The number of nitrogens with zero attached hydrogens (tertiary/aromatic N) is 4. The Hall–Kier alpha value is -3.10. The van der Waals surface area contributed by atoms with E-state index in [1.165, 1.54) is 23.7 Å². The molecule has 2 aromatic heterocycles. The van der Waals surface area contributed by atoms with Crippen molar-refractivity contribution in [1.82, 2.24) is 19.7 Å². The molecule has 0 fully saturated rings. The molecule has 9 heteroatoms. The Balaban J connectivity index is 1.54. The van der Waals surface area contributed by atoms with Crippen LogP contribution >= 0.6 is 23.4 Å². The van der Waals surface area contributed by atoms with Crippen molar-refractivity contribution in [2.24, 2.45) is 0 Å². The van der Waals surface area contributed by atoms with E-state index in [4.69, 9.17) is 16.3 Å². The maximum absolute atomic E-state index is 12.5. The summed E-state index contributed by atoms with van der Waals surface area (Å²) >= 11 is 7.35. The minimum absolute atomic E-state index is 0.163. The average Bonchev–Trinajstić information content (AvgIpc) is 3.17. The summed E-state index contributed by atoms with van der Waals surface area (Å²) in [7, 11) is 1.54. The van der Waals surface area contributed by atoms with Crippen molar-refractivity contribution in [3.05, 3.63) is 65.1 Å². The van der Waals surface area contributed by atoms with Gasteiger partial charge in [-0.05, 0) is 43.7 Å². The molecule has 4 rings (SSSR count). The quantitative estimate of drug-likeness (QED) is 0.333. The Morgan fingerprint density at radius 1 is 1.19 bits per heavy atom. The molecule has 0 aliphatic carbocycles. The van der Waals surface area contributed by atoms with E-state index in [1.54, 1.807) is 36.2 Å². The lowest BCUT2D eigenvalue weighted by Crippen LogP contribution is -2.14. The van der Waals surface area contributed by atoms with Crippen molar-refractivity contribution in [2.45, 2.75) is 18.9 Å². The van der Waals surface area contributed by atoms with Gasteiger partial charge in [0.1, 0.15) is 17.1 Å². The van der Waals surface area contributed by atoms with Gasteiger partial charge < -0.3 is 10.1 Å². The largest absolute Gasteiger partial charge is 0.495 e. The molecular weight excluding hydrogens is 434 g/mol. The molecule has 4 aromatic rings. The number of thioether (sulfide) groups is 1. The topological polar surface area (TPSA) is 81.9 Å². The van der Waals surface area contributed by atoms with Crippen molar-refractivity contribution >= 4 is 46.0 Å². The number of aromatic nitrogens is 4. The third-order valence-corrected chi connectivity index (χ3v) is 5.93. The van der Waals surface area contributed by atoms with Crippen LogP contribution in [0.4, 0.5) is 5.69 Å². The molecule has 7 nitrogen and oxygen atoms in total. The average molecular weight is 454 g/mol. The first-order chi connectivity index (χ1) is 15.0. The molecule has 0 aliphatic rings. The van der Waals surface area contributed by atoms with E-state index < -0.39 is 0 Å². The number of benzene rings is 2. The van der Waals surface area contributed by atoms with Crippen LogP contribution in [0.3, 0.4) is 0 Å². The fourth-order valence-corrected chi connectivity index (χ4v) is 4.19. The molecule has 0 spiro atoms. The summed E-state index contributed by atoms with van der Waals surface area (Å²) in [4.78, 5) is 21.3. The van der Waals surface area contributed by atoms with Crippen molar-refractivity contribution in [2.75, 3.05) is 18.2 Å². The van der Waals surface area contributed by atoms with E-state index in [2.05, 4.69) is 33.4 Å². The van der Waals surface area contributed by atoms with Gasteiger partial charge in [0, 0.05) is 5.02 Å². The molecule has 0 unspecified atom stereocenters. The molecule has 1 amide bonds. The molecule has 0 bridgehead atoms. The highest BCUT2D eigenvalue weighted by atomic mass is 35.5. The predicted octanol–water partition coefficient (Wildman–Crippen LogP) is 4.83. The number of aryl methyl sites for hydroxylation is 2. The number of ether oxygens (including phenoxy) is 1. The van der Waals surface area contributed by atoms with E-state index in [9.17, 15) is 4.79 Å². The summed E-state index contributed by atoms with van der Waals surface area (Å²) in [5.74, 6) is 0.511. The molecular formula is C22H20ClN5O2S. The van der Waals surface area contributed by atoms with Gasteiger partial charge in [0.2, 0.25) is 5.91 Å². The van der Waals surface area contributed by atoms with Crippen molar-refractivity contribution in [1.29, 1.82) is 0 Å². The molecule has 31 heavy (non-hydrogen) atoms. The second kappa shape index (κ2) is 8.95. The first kappa shape index (κ1) is 21.1. The summed E-state index contributed by atoms with van der Waals surface area (Å²) < 4.78 is 7.07. The van der Waals surface area contributed by atoms with Crippen LogP contribution in [0, 0.1) is 13.8 Å². The number of anilines is 1. The zero-order valence-electron chi connectivity index (χ0n) is 17.2. The van der Waals surface area contributed by atoms with Crippen LogP contribution in [0.2, 0.25) is 5.02 Å². The first-order valence-electron chi connectivity index (χ1n) is 9.49. The van der Waals surface area contributed by atoms with Gasteiger partial charge in [-0.3, -0.25) is 4.79 Å². The summed E-state index contributed by atoms with van der Waals surface area (Å²) in [6.07, 6.45) is 3.22. The van der Waals surface area contributed by atoms with Gasteiger partial charge in [-0.1, -0.05) is 41.1 Å². The second-order valence-electron chi connectivity index (χ2n) is 6.94. The van der Waals surface area contributed by atoms with Crippen LogP contribution in [-0.4, -0.2) is 38.5 Å². The number of amides is 1. The van der Waals surface area contributed by atoms with Crippen LogP contribution in [0.1, 0.15) is 11.1 Å². The van der Waals surface area contributed by atoms with Gasteiger partial charge in [-0.25, -0.2) is 14.6 Å². The minimum Gasteiger partial charge on any atom is -0.495 e. The summed E-state index contributed by atoms with van der Waals surface area (Å²) in [6.45, 7) is 4.10. The third kappa shape index (κ3) is 4.50. The highest BCUT2D eigenvalue weighted by Gasteiger charge is 2.15. The SMILES string of the molecule is COc1ccc(Cl)cc1NC(=O)CSc1ncnc2c1cnn2-c1ccc(C)cc1C. The Kier molecular flexibility index (Phi) is 6.11. The van der Waals surface area contributed by atoms with Gasteiger partial charge in [-0.15, -0.1) is 0 Å². The van der Waals surface area contributed by atoms with Gasteiger partial charge in [0.25, 0.3) is 0 Å². The predicted molar refractivity (Wildman–Crippen MR) is 123 cm³/mol. The monoisotopic (exact) mass is 453 g/mol. The number of methoxy groups -OCH3 is 1. The molecule has 2 heterocycles. The van der Waals surface area contributed by atoms with E-state index >= 15 is 0 Å². The van der Waals surface area contributed by atoms with Crippen LogP contribution in [0.25, 0.3) is 16.7 Å². The maximum atomic E-state index is 12.5. The lowest BCUT2D eigenvalue weighted by molar-refractivity contribution is -0.113. The molecule has 2 aromatic carbocycles. The van der Waals surface area contributed by atoms with Gasteiger partial charge in [-0.2, -0.15) is 5.10 Å². The zero-order valence-corrected chi connectivity index (χ0v) is 18.8. The number of halogens is 1. The van der Waals surface area contributed by atoms with E-state index in [0.717, 1.165) is 16.6 Å². The smallest absolute Gasteiger partial charge is 0.234 e. The summed E-state index contributed by atoms with van der Waals surface area (Å²) in [5.41, 5.74) is 4.47. The molecule has 0 radical (unpaired) electrons. The highest BCUT2D eigenvalue weighted by Crippen LogP contribution is 2.29. The van der Waals surface area contributed by atoms with Crippen LogP contribution < -0.4 is 10.1 Å². The molecule has 158 valence electrons. The normalized spacial score (nSPS) is 11.0. The molecule has 0 saturated carbocycles. The first-order valence-corrected chi connectivity index (χ1v) is 10.8. The highest BCUT2D eigenvalue weighted by molar-refractivity contribution is 8.00. The summed E-state index contributed by atoms with van der Waals surface area (Å²) in [5, 5.41) is 9.34. The zero-order chi connectivity index (χ0) is 22.0. The van der Waals surface area contributed by atoms with Gasteiger partial charge >= 0.3 is 0 Å². The van der Waals surface area contributed by atoms with E-state index in [-0.39, 0.29) is 11.7 Å². The number of fused-ring (bicyclic) bond motifs is 1. The Labute approximate surface area is 188 Å². The number of carbonyl (C=O) groups excluding carboxylic acids is 1. The third-order valence-electron chi connectivity index (χ3n) is 4.69. The lowest BCUT2D eigenvalue weighted by Gasteiger charge is -2.10. The Morgan fingerprint density at radius 2 is 2.03 bits per heavy atom. The van der Waals surface area contributed by atoms with E-state index in [1.807, 2.05) is 19.1 Å². The van der Waals surface area contributed by atoms with E-state index in [0.29, 0.717) is 27.1 Å². The fraction of sp³-hybridized carbons (Fsp3) is 0.182. The van der Waals surface area contributed by atoms with Crippen molar-refractivity contribution in [3.8, 4) is 11.4 Å². The molecule has 0 atom stereocenters. The Morgan fingerprint density at radius 3 is 2.81 bits per heavy atom.